The number of thioether (sulfide) groups is 1. The number of rotatable bonds is 5. The summed E-state index contributed by atoms with van der Waals surface area (Å²) >= 11 is 8.61. The molecule has 0 aliphatic heterocycles. The van der Waals surface area contributed by atoms with Crippen molar-refractivity contribution in [2.75, 3.05) is 11.1 Å². The molecule has 1 heterocycles. The topological polar surface area (TPSA) is 80.9 Å². The minimum Gasteiger partial charge on any atom is -0.369 e. The molecule has 5 nitrogen and oxygen atoms in total. The van der Waals surface area contributed by atoms with Crippen molar-refractivity contribution in [1.82, 2.24) is 10.2 Å². The number of amides is 1. The lowest BCUT2D eigenvalue weighted by Gasteiger charge is -2.02. The van der Waals surface area contributed by atoms with E-state index in [0.29, 0.717) is 14.5 Å². The molecule has 0 saturated carbocycles. The van der Waals surface area contributed by atoms with Crippen molar-refractivity contribution in [2.24, 2.45) is 5.73 Å². The Bertz CT molecular complexity index is 560. The Labute approximate surface area is 117 Å². The van der Waals surface area contributed by atoms with E-state index in [1.165, 1.54) is 23.1 Å². The number of hydrogen-bond donors (Lipinski definition) is 2. The molecule has 1 aromatic carbocycles. The van der Waals surface area contributed by atoms with Crippen LogP contribution in [0.1, 0.15) is 0 Å². The zero-order chi connectivity index (χ0) is 13.0. The number of anilines is 2. The Hall–Kier alpha value is -1.31. The molecular formula is C10H9ClN4OS2. The fourth-order valence-electron chi connectivity index (χ4n) is 1.13. The molecule has 0 radical (unpaired) electrons. The molecule has 8 heteroatoms. The number of para-hydroxylation sites is 1. The highest BCUT2D eigenvalue weighted by atomic mass is 35.5. The first-order valence-corrected chi connectivity index (χ1v) is 7.09. The molecule has 1 aromatic heterocycles. The number of nitrogens with zero attached hydrogens (tertiary/aromatic N) is 2. The first kappa shape index (κ1) is 13.1. The molecule has 18 heavy (non-hydrogen) atoms. The van der Waals surface area contributed by atoms with Crippen LogP contribution in [-0.4, -0.2) is 21.9 Å². The molecule has 94 valence electrons. The number of aromatic nitrogens is 2. The third-order valence-corrected chi connectivity index (χ3v) is 4.18. The first-order valence-electron chi connectivity index (χ1n) is 4.91. The van der Waals surface area contributed by atoms with Crippen molar-refractivity contribution in [3.63, 3.8) is 0 Å². The molecule has 0 unspecified atom stereocenters. The summed E-state index contributed by atoms with van der Waals surface area (Å²) in [7, 11) is 0. The highest BCUT2D eigenvalue weighted by Gasteiger charge is 2.07. The van der Waals surface area contributed by atoms with E-state index in [4.69, 9.17) is 17.3 Å². The molecular weight excluding hydrogens is 292 g/mol. The second-order valence-electron chi connectivity index (χ2n) is 3.23. The van der Waals surface area contributed by atoms with E-state index in [9.17, 15) is 4.79 Å². The summed E-state index contributed by atoms with van der Waals surface area (Å²) in [4.78, 5) is 10.6. The second kappa shape index (κ2) is 6.03. The van der Waals surface area contributed by atoms with Gasteiger partial charge in [-0.1, -0.05) is 46.8 Å². The van der Waals surface area contributed by atoms with Crippen LogP contribution in [0.2, 0.25) is 5.02 Å². The van der Waals surface area contributed by atoms with Crippen LogP contribution in [0.4, 0.5) is 10.8 Å². The van der Waals surface area contributed by atoms with Crippen molar-refractivity contribution in [1.29, 1.82) is 0 Å². The summed E-state index contributed by atoms with van der Waals surface area (Å²) < 4.78 is 0.684. The molecule has 0 atom stereocenters. The van der Waals surface area contributed by atoms with Crippen LogP contribution in [0.3, 0.4) is 0 Å². The normalized spacial score (nSPS) is 10.3. The molecule has 0 bridgehead atoms. The van der Waals surface area contributed by atoms with E-state index >= 15 is 0 Å². The highest BCUT2D eigenvalue weighted by molar-refractivity contribution is 8.01. The molecule has 2 rings (SSSR count). The maximum atomic E-state index is 10.6. The van der Waals surface area contributed by atoms with Gasteiger partial charge in [0, 0.05) is 0 Å². The van der Waals surface area contributed by atoms with Crippen LogP contribution in [0.15, 0.2) is 28.6 Å². The van der Waals surface area contributed by atoms with Gasteiger partial charge >= 0.3 is 0 Å². The average Bonchev–Trinajstić information content (AvgIpc) is 2.77. The summed E-state index contributed by atoms with van der Waals surface area (Å²) in [6, 6.07) is 7.35. The smallest absolute Gasteiger partial charge is 0.227 e. The number of carbonyl (C=O) groups is 1. The van der Waals surface area contributed by atoms with Crippen LogP contribution in [-0.2, 0) is 4.79 Å². The van der Waals surface area contributed by atoms with E-state index in [2.05, 4.69) is 15.5 Å². The Morgan fingerprint density at radius 1 is 1.44 bits per heavy atom. The van der Waals surface area contributed by atoms with E-state index in [1.54, 1.807) is 6.07 Å². The van der Waals surface area contributed by atoms with Crippen molar-refractivity contribution in [2.45, 2.75) is 4.34 Å². The van der Waals surface area contributed by atoms with Crippen molar-refractivity contribution < 1.29 is 4.79 Å². The summed E-state index contributed by atoms with van der Waals surface area (Å²) in [6.07, 6.45) is 0. The number of primary amides is 1. The third kappa shape index (κ3) is 3.59. The Kier molecular flexibility index (Phi) is 4.40. The van der Waals surface area contributed by atoms with Crippen LogP contribution >= 0.6 is 34.7 Å². The van der Waals surface area contributed by atoms with Gasteiger partial charge in [-0.15, -0.1) is 10.2 Å². The zero-order valence-corrected chi connectivity index (χ0v) is 11.5. The number of nitrogens with one attached hydrogen (secondary N) is 1. The van der Waals surface area contributed by atoms with Crippen LogP contribution < -0.4 is 11.1 Å². The number of halogens is 1. The largest absolute Gasteiger partial charge is 0.369 e. The lowest BCUT2D eigenvalue weighted by atomic mass is 10.3. The maximum Gasteiger partial charge on any atom is 0.227 e. The van der Waals surface area contributed by atoms with Gasteiger partial charge in [0.05, 0.1) is 16.5 Å². The van der Waals surface area contributed by atoms with E-state index in [0.717, 1.165) is 5.69 Å². The summed E-state index contributed by atoms with van der Waals surface area (Å²) in [6.45, 7) is 0. The van der Waals surface area contributed by atoms with Crippen molar-refractivity contribution in [3.8, 4) is 0 Å². The predicted octanol–water partition coefficient (Wildman–Crippen LogP) is 2.51. The van der Waals surface area contributed by atoms with Crippen molar-refractivity contribution in [3.05, 3.63) is 29.3 Å². The molecule has 2 aromatic rings. The SMILES string of the molecule is NC(=O)CSc1nnc(Nc2ccccc2Cl)s1. The van der Waals surface area contributed by atoms with Gasteiger partial charge in [-0.2, -0.15) is 0 Å². The molecule has 3 N–H and O–H groups in total. The van der Waals surface area contributed by atoms with E-state index in [1.807, 2.05) is 18.2 Å². The van der Waals surface area contributed by atoms with E-state index < -0.39 is 0 Å². The summed E-state index contributed by atoms with van der Waals surface area (Å²) in [5.41, 5.74) is 5.82. The minimum absolute atomic E-state index is 0.195. The number of nitrogens with two attached hydrogens (primary N) is 1. The predicted molar refractivity (Wildman–Crippen MR) is 74.6 cm³/mol. The maximum absolute atomic E-state index is 10.6. The average molecular weight is 301 g/mol. The number of carbonyl (C=O) groups excluding carboxylic acids is 1. The van der Waals surface area contributed by atoms with Gasteiger partial charge < -0.3 is 11.1 Å². The minimum atomic E-state index is -0.379. The molecule has 0 fully saturated rings. The number of hydrogen-bond acceptors (Lipinski definition) is 6. The highest BCUT2D eigenvalue weighted by Crippen LogP contribution is 2.29. The van der Waals surface area contributed by atoms with Gasteiger partial charge in [-0.3, -0.25) is 4.79 Å². The van der Waals surface area contributed by atoms with Crippen LogP contribution in [0.25, 0.3) is 0 Å². The molecule has 0 saturated heterocycles. The van der Waals surface area contributed by atoms with Gasteiger partial charge in [-0.25, -0.2) is 0 Å². The Morgan fingerprint density at radius 3 is 2.94 bits per heavy atom. The summed E-state index contributed by atoms with van der Waals surface area (Å²) in [5, 5.41) is 12.2. The summed E-state index contributed by atoms with van der Waals surface area (Å²) in [5.74, 6) is -0.184. The molecule has 0 spiro atoms. The Morgan fingerprint density at radius 2 is 2.22 bits per heavy atom. The Balaban J connectivity index is 2.02. The van der Waals surface area contributed by atoms with Crippen molar-refractivity contribution >= 4 is 51.4 Å². The second-order valence-corrected chi connectivity index (χ2v) is 5.84. The standard InChI is InChI=1S/C10H9ClN4OS2/c11-6-3-1-2-4-7(6)13-9-14-15-10(18-9)17-5-8(12)16/h1-4H,5H2,(H2,12,16)(H,13,14). The van der Waals surface area contributed by atoms with Gasteiger partial charge in [0.15, 0.2) is 4.34 Å². The third-order valence-electron chi connectivity index (χ3n) is 1.86. The molecule has 0 aliphatic rings. The first-order chi connectivity index (χ1) is 8.65. The fourth-order valence-corrected chi connectivity index (χ4v) is 2.82. The van der Waals surface area contributed by atoms with Crippen LogP contribution in [0.5, 0.6) is 0 Å². The lowest BCUT2D eigenvalue weighted by molar-refractivity contribution is -0.115. The van der Waals surface area contributed by atoms with Gasteiger partial charge in [-0.05, 0) is 12.1 Å². The van der Waals surface area contributed by atoms with Gasteiger partial charge in [0.25, 0.3) is 0 Å². The monoisotopic (exact) mass is 300 g/mol. The lowest BCUT2D eigenvalue weighted by Crippen LogP contribution is -2.12. The fraction of sp³-hybridized carbons (Fsp3) is 0.100. The van der Waals surface area contributed by atoms with E-state index in [-0.39, 0.29) is 11.7 Å². The molecule has 1 amide bonds. The molecule has 0 aliphatic carbocycles. The zero-order valence-electron chi connectivity index (χ0n) is 9.09. The number of benzene rings is 1. The van der Waals surface area contributed by atoms with Gasteiger partial charge in [0.1, 0.15) is 0 Å². The quantitative estimate of drug-likeness (QED) is 0.829. The van der Waals surface area contributed by atoms with Gasteiger partial charge in [0.2, 0.25) is 11.0 Å². The van der Waals surface area contributed by atoms with Crippen LogP contribution in [0, 0.1) is 0 Å².